The van der Waals surface area contributed by atoms with Crippen molar-refractivity contribution in [3.8, 4) is 0 Å². The number of carboxylic acid groups (broad SMARTS) is 1. The molecule has 2 aromatic rings. The minimum Gasteiger partial charge on any atom is -0.477 e. The van der Waals surface area contributed by atoms with Crippen LogP contribution in [-0.2, 0) is 16.1 Å². The van der Waals surface area contributed by atoms with Gasteiger partial charge in [0.2, 0.25) is 0 Å². The highest BCUT2D eigenvalue weighted by Gasteiger charge is 2.54. The Hall–Kier alpha value is -1.90. The third-order valence-electron chi connectivity index (χ3n) is 4.72. The summed E-state index contributed by atoms with van der Waals surface area (Å²) in [5, 5.41) is 25.0. The first-order valence-corrected chi connectivity index (χ1v) is 12.8. The van der Waals surface area contributed by atoms with Gasteiger partial charge in [0.25, 0.3) is 11.8 Å². The Kier molecular flexibility index (Phi) is 6.42. The molecule has 2 amide bonds. The van der Waals surface area contributed by atoms with Crippen molar-refractivity contribution in [1.29, 1.82) is 0 Å². The molecule has 4 heterocycles. The highest BCUT2D eigenvalue weighted by molar-refractivity contribution is 9.10. The van der Waals surface area contributed by atoms with E-state index >= 15 is 0 Å². The molecule has 2 aliphatic rings. The van der Waals surface area contributed by atoms with E-state index in [9.17, 15) is 19.5 Å². The fraction of sp³-hybridized carbons (Fsp3) is 0.412. The fourth-order valence-electron chi connectivity index (χ4n) is 3.32. The lowest BCUT2D eigenvalue weighted by Crippen LogP contribution is -2.70. The minimum atomic E-state index is -1.15. The number of thioether (sulfide) groups is 2. The molecule has 2 aromatic heterocycles. The molecule has 14 heteroatoms. The number of nitrogens with zero attached hydrogens (tertiary/aromatic N) is 5. The number of amides is 2. The summed E-state index contributed by atoms with van der Waals surface area (Å²) in [6, 6.07) is -0.793. The van der Waals surface area contributed by atoms with Gasteiger partial charge >= 0.3 is 5.97 Å². The number of fused-ring (bicyclic) bond motifs is 1. The van der Waals surface area contributed by atoms with Crippen LogP contribution in [0.2, 0.25) is 0 Å². The highest BCUT2D eigenvalue weighted by Crippen LogP contribution is 2.42. The van der Waals surface area contributed by atoms with Crippen molar-refractivity contribution >= 4 is 68.6 Å². The van der Waals surface area contributed by atoms with Crippen molar-refractivity contribution in [3.63, 3.8) is 0 Å². The molecule has 2 atom stereocenters. The van der Waals surface area contributed by atoms with Crippen LogP contribution in [0.4, 0.5) is 0 Å². The average molecular weight is 545 g/mol. The largest absolute Gasteiger partial charge is 0.477 e. The molecule has 0 bridgehead atoms. The second kappa shape index (κ2) is 8.92. The van der Waals surface area contributed by atoms with Gasteiger partial charge in [-0.1, -0.05) is 23.1 Å². The predicted octanol–water partition coefficient (Wildman–Crippen LogP) is 1.97. The summed E-state index contributed by atoms with van der Waals surface area (Å²) in [7, 11) is 0. The number of aryl methyl sites for hydroxylation is 2. The number of nitrogens with one attached hydrogen (secondary N) is 1. The van der Waals surface area contributed by atoms with E-state index in [0.717, 1.165) is 9.35 Å². The average Bonchev–Trinajstić information content (AvgIpc) is 3.34. The van der Waals surface area contributed by atoms with Crippen LogP contribution in [0.1, 0.15) is 22.4 Å². The van der Waals surface area contributed by atoms with Crippen LogP contribution in [0.25, 0.3) is 0 Å². The maximum atomic E-state index is 12.8. The number of hydrogen-bond acceptors (Lipinski definition) is 9. The molecule has 2 aliphatic heterocycles. The second-order valence-corrected chi connectivity index (χ2v) is 11.0. The quantitative estimate of drug-likeness (QED) is 0.396. The first-order valence-electron chi connectivity index (χ1n) is 9.16. The lowest BCUT2D eigenvalue weighted by atomic mass is 10.0. The van der Waals surface area contributed by atoms with Gasteiger partial charge in [-0.2, -0.15) is 5.10 Å². The molecule has 4 rings (SSSR count). The first-order chi connectivity index (χ1) is 14.8. The molecule has 2 N–H and O–H groups in total. The van der Waals surface area contributed by atoms with Crippen LogP contribution in [0.3, 0.4) is 0 Å². The zero-order chi connectivity index (χ0) is 22.3. The summed E-state index contributed by atoms with van der Waals surface area (Å²) in [4.78, 5) is 38.8. The predicted molar refractivity (Wildman–Crippen MR) is 120 cm³/mol. The Morgan fingerprint density at radius 2 is 2.19 bits per heavy atom. The molecule has 0 aliphatic carbocycles. The van der Waals surface area contributed by atoms with Crippen LogP contribution < -0.4 is 5.32 Å². The number of rotatable bonds is 7. The lowest BCUT2D eigenvalue weighted by Gasteiger charge is -2.49. The number of aromatic nitrogens is 4. The zero-order valence-electron chi connectivity index (χ0n) is 16.4. The van der Waals surface area contributed by atoms with E-state index in [4.69, 9.17) is 0 Å². The van der Waals surface area contributed by atoms with Gasteiger partial charge in [0, 0.05) is 18.1 Å². The molecule has 0 spiro atoms. The smallest absolute Gasteiger partial charge is 0.352 e. The van der Waals surface area contributed by atoms with Crippen LogP contribution in [0.5, 0.6) is 0 Å². The molecule has 0 unspecified atom stereocenters. The molecule has 1 saturated heterocycles. The first kappa shape index (κ1) is 22.3. The van der Waals surface area contributed by atoms with E-state index < -0.39 is 29.2 Å². The number of β-lactam (4-membered cyclic amide) rings is 1. The van der Waals surface area contributed by atoms with Gasteiger partial charge in [-0.15, -0.1) is 22.0 Å². The summed E-state index contributed by atoms with van der Waals surface area (Å²) in [6.45, 7) is 4.21. The van der Waals surface area contributed by atoms with Crippen molar-refractivity contribution in [2.75, 3.05) is 11.5 Å². The van der Waals surface area contributed by atoms with Crippen molar-refractivity contribution in [2.24, 2.45) is 0 Å². The van der Waals surface area contributed by atoms with Crippen LogP contribution in [0, 0.1) is 6.92 Å². The Balaban J connectivity index is 1.50. The zero-order valence-corrected chi connectivity index (χ0v) is 20.4. The van der Waals surface area contributed by atoms with Gasteiger partial charge in [0.15, 0.2) is 4.34 Å². The molecule has 10 nitrogen and oxygen atoms in total. The highest BCUT2D eigenvalue weighted by atomic mass is 79.9. The number of carbonyl (C=O) groups is 3. The van der Waals surface area contributed by atoms with Crippen molar-refractivity contribution < 1.29 is 19.5 Å². The molecule has 0 saturated carbocycles. The third-order valence-corrected chi connectivity index (χ3v) is 8.70. The topological polar surface area (TPSA) is 130 Å². The molecule has 0 aromatic carbocycles. The van der Waals surface area contributed by atoms with Crippen LogP contribution >= 0.6 is 50.8 Å². The number of aliphatic carboxylic acids is 1. The second-order valence-electron chi connectivity index (χ2n) is 6.65. The Morgan fingerprint density at radius 3 is 2.84 bits per heavy atom. The van der Waals surface area contributed by atoms with Gasteiger partial charge in [0.1, 0.15) is 27.8 Å². The minimum absolute atomic E-state index is 0.00670. The summed E-state index contributed by atoms with van der Waals surface area (Å²) in [6.07, 6.45) is 1.53. The van der Waals surface area contributed by atoms with E-state index in [-0.39, 0.29) is 5.70 Å². The molecule has 1 fully saturated rings. The fourth-order valence-corrected chi connectivity index (χ4v) is 7.09. The number of carboxylic acids is 1. The molecular weight excluding hydrogens is 528 g/mol. The normalized spacial score (nSPS) is 20.5. The van der Waals surface area contributed by atoms with E-state index in [1.54, 1.807) is 0 Å². The SMILES string of the molecule is CCn1ncc(Br)c1C(=O)N[C@@H]1C(=O)N2C(C(=O)O)=C(CSc3nnc(C)s3)CS[C@@H]12. The molecule has 164 valence electrons. The van der Waals surface area contributed by atoms with E-state index in [2.05, 4.69) is 36.5 Å². The lowest BCUT2D eigenvalue weighted by molar-refractivity contribution is -0.148. The maximum absolute atomic E-state index is 12.8. The van der Waals surface area contributed by atoms with E-state index in [1.807, 2.05) is 13.8 Å². The van der Waals surface area contributed by atoms with Crippen LogP contribution in [-0.4, -0.2) is 70.7 Å². The van der Waals surface area contributed by atoms with Gasteiger partial charge in [-0.05, 0) is 35.4 Å². The number of hydrogen-bond donors (Lipinski definition) is 2. The Labute approximate surface area is 198 Å². The standard InChI is InChI=1S/C17H17BrN6O4S3/c1-3-23-12(9(18)4-19-23)13(25)20-10-14(26)24-11(16(27)28)8(5-29-15(10)24)6-30-17-22-21-7(2)31-17/h4,10,15H,3,5-6H2,1-2H3,(H,20,25)(H,27,28)/t10-,15+/m1/s1. The van der Waals surface area contributed by atoms with E-state index in [0.29, 0.717) is 33.8 Å². The van der Waals surface area contributed by atoms with Gasteiger partial charge in [-0.3, -0.25) is 19.2 Å². The van der Waals surface area contributed by atoms with Crippen LogP contribution in [0.15, 0.2) is 26.3 Å². The van der Waals surface area contributed by atoms with Gasteiger partial charge < -0.3 is 10.4 Å². The van der Waals surface area contributed by atoms with E-state index in [1.165, 1.54) is 50.6 Å². The van der Waals surface area contributed by atoms with Gasteiger partial charge in [-0.25, -0.2) is 4.79 Å². The third kappa shape index (κ3) is 4.13. The summed E-state index contributed by atoms with van der Waals surface area (Å²) in [5.74, 6) is -1.17. The number of carbonyl (C=O) groups excluding carboxylic acids is 2. The molecule has 31 heavy (non-hydrogen) atoms. The molecule has 0 radical (unpaired) electrons. The van der Waals surface area contributed by atoms with Crippen molar-refractivity contribution in [3.05, 3.63) is 32.6 Å². The molecular formula is C17H17BrN6O4S3. The monoisotopic (exact) mass is 544 g/mol. The van der Waals surface area contributed by atoms with Crippen molar-refractivity contribution in [2.45, 2.75) is 36.1 Å². The Bertz CT molecular complexity index is 1100. The number of halogens is 1. The summed E-state index contributed by atoms with van der Waals surface area (Å²) < 4.78 is 2.81. The summed E-state index contributed by atoms with van der Waals surface area (Å²) >= 11 is 7.58. The summed E-state index contributed by atoms with van der Waals surface area (Å²) in [5.41, 5.74) is 0.970. The van der Waals surface area contributed by atoms with Crippen molar-refractivity contribution in [1.82, 2.24) is 30.2 Å². The maximum Gasteiger partial charge on any atom is 0.352 e. The Morgan fingerprint density at radius 1 is 1.42 bits per heavy atom. The van der Waals surface area contributed by atoms with Gasteiger partial charge in [0.05, 0.1) is 10.7 Å².